The van der Waals surface area contributed by atoms with E-state index in [2.05, 4.69) is 34.4 Å². The maximum atomic E-state index is 13.4. The molecule has 1 fully saturated rings. The molecule has 0 radical (unpaired) electrons. The van der Waals surface area contributed by atoms with E-state index in [4.69, 9.17) is 4.74 Å². The Morgan fingerprint density at radius 2 is 1.85 bits per heavy atom. The number of methoxy groups -OCH3 is 1. The number of aromatic nitrogens is 1. The second-order valence-electron chi connectivity index (χ2n) is 9.87. The van der Waals surface area contributed by atoms with Gasteiger partial charge in [0.15, 0.2) is 9.84 Å². The van der Waals surface area contributed by atoms with Crippen LogP contribution in [0.25, 0.3) is 10.9 Å². The summed E-state index contributed by atoms with van der Waals surface area (Å²) in [5.41, 5.74) is 2.28. The molecule has 0 unspecified atom stereocenters. The maximum Gasteiger partial charge on any atom is 0.406 e. The molecule has 1 aromatic heterocycles. The van der Waals surface area contributed by atoms with Crippen LogP contribution in [-0.4, -0.2) is 70.2 Å². The van der Waals surface area contributed by atoms with Crippen molar-refractivity contribution in [3.8, 4) is 17.6 Å². The molecule has 2 heterocycles. The number of hydrogen-bond donors (Lipinski definition) is 2. The molecule has 0 bridgehead atoms. The third-order valence-corrected chi connectivity index (χ3v) is 7.91. The Labute approximate surface area is 227 Å². The second-order valence-corrected chi connectivity index (χ2v) is 11.9. The number of fused-ring (bicyclic) bond motifs is 1. The molecule has 0 amide bonds. The van der Waals surface area contributed by atoms with Crippen molar-refractivity contribution < 1.29 is 26.3 Å². The fourth-order valence-electron chi connectivity index (χ4n) is 4.68. The van der Waals surface area contributed by atoms with Crippen LogP contribution in [0.1, 0.15) is 24.1 Å². The van der Waals surface area contributed by atoms with E-state index >= 15 is 0 Å². The number of sulfone groups is 1. The van der Waals surface area contributed by atoms with E-state index in [-0.39, 0.29) is 17.1 Å². The largest absolute Gasteiger partial charge is 0.495 e. The van der Waals surface area contributed by atoms with E-state index in [9.17, 15) is 21.6 Å². The van der Waals surface area contributed by atoms with E-state index in [1.54, 1.807) is 18.2 Å². The Balaban J connectivity index is 1.51. The number of benzene rings is 2. The van der Waals surface area contributed by atoms with Gasteiger partial charge in [-0.05, 0) is 74.8 Å². The molecular weight excluding hydrogens is 529 g/mol. The van der Waals surface area contributed by atoms with Gasteiger partial charge in [-0.2, -0.15) is 13.2 Å². The zero-order chi connectivity index (χ0) is 28.2. The Morgan fingerprint density at radius 1 is 1.10 bits per heavy atom. The summed E-state index contributed by atoms with van der Waals surface area (Å²) in [5, 5.41) is 7.31. The SMILES string of the molecule is COc1cc(S(C)(=O)=O)ccc1NCC#Cc1cc2cc(CNC3CCN(C)CC3)ccc2n1CC(F)(F)F. The summed E-state index contributed by atoms with van der Waals surface area (Å²) in [4.78, 5) is 2.42. The molecule has 0 saturated carbocycles. The molecule has 210 valence electrons. The Bertz CT molecular complexity index is 1480. The lowest BCUT2D eigenvalue weighted by molar-refractivity contribution is -0.140. The van der Waals surface area contributed by atoms with Crippen LogP contribution in [0.5, 0.6) is 5.75 Å². The van der Waals surface area contributed by atoms with Gasteiger partial charge in [-0.3, -0.25) is 0 Å². The molecule has 3 aromatic rings. The van der Waals surface area contributed by atoms with Crippen molar-refractivity contribution in [3.63, 3.8) is 0 Å². The van der Waals surface area contributed by atoms with Gasteiger partial charge in [0.25, 0.3) is 0 Å². The number of ether oxygens (including phenoxy) is 1. The van der Waals surface area contributed by atoms with Crippen LogP contribution in [-0.2, 0) is 22.9 Å². The zero-order valence-electron chi connectivity index (χ0n) is 22.2. The van der Waals surface area contributed by atoms with E-state index in [0.29, 0.717) is 34.9 Å². The van der Waals surface area contributed by atoms with Gasteiger partial charge in [-0.25, -0.2) is 8.42 Å². The van der Waals surface area contributed by atoms with Gasteiger partial charge >= 0.3 is 6.18 Å². The highest BCUT2D eigenvalue weighted by Crippen LogP contribution is 2.28. The average molecular weight is 563 g/mol. The molecule has 7 nitrogen and oxygen atoms in total. The molecule has 1 aliphatic heterocycles. The monoisotopic (exact) mass is 562 g/mol. The van der Waals surface area contributed by atoms with Gasteiger partial charge in [0, 0.05) is 35.8 Å². The molecule has 1 saturated heterocycles. The maximum absolute atomic E-state index is 13.4. The number of likely N-dealkylation sites (tertiary alicyclic amines) is 1. The van der Waals surface area contributed by atoms with Gasteiger partial charge < -0.3 is 24.8 Å². The van der Waals surface area contributed by atoms with Crippen molar-refractivity contribution in [3.05, 3.63) is 53.7 Å². The third-order valence-electron chi connectivity index (χ3n) is 6.80. The lowest BCUT2D eigenvalue weighted by Crippen LogP contribution is -2.40. The summed E-state index contributed by atoms with van der Waals surface area (Å²) in [6, 6.07) is 12.1. The fourth-order valence-corrected chi connectivity index (χ4v) is 5.32. The van der Waals surface area contributed by atoms with Crippen LogP contribution in [0.15, 0.2) is 47.4 Å². The first-order valence-electron chi connectivity index (χ1n) is 12.6. The summed E-state index contributed by atoms with van der Waals surface area (Å²) in [6.07, 6.45) is -1.15. The summed E-state index contributed by atoms with van der Waals surface area (Å²) in [6.45, 7) is 1.73. The number of rotatable bonds is 8. The smallest absolute Gasteiger partial charge is 0.406 e. The van der Waals surface area contributed by atoms with Crippen molar-refractivity contribution in [2.75, 3.05) is 45.4 Å². The highest BCUT2D eigenvalue weighted by atomic mass is 32.2. The topological polar surface area (TPSA) is 75.6 Å². The molecule has 1 aliphatic rings. The zero-order valence-corrected chi connectivity index (χ0v) is 23.0. The number of piperidine rings is 1. The van der Waals surface area contributed by atoms with Gasteiger partial charge in [-0.1, -0.05) is 12.0 Å². The number of alkyl halides is 3. The van der Waals surface area contributed by atoms with Gasteiger partial charge in [0.05, 0.1) is 29.9 Å². The van der Waals surface area contributed by atoms with Crippen molar-refractivity contribution in [1.82, 2.24) is 14.8 Å². The third kappa shape index (κ3) is 7.68. The van der Waals surface area contributed by atoms with Crippen molar-refractivity contribution in [1.29, 1.82) is 0 Å². The van der Waals surface area contributed by atoms with E-state index in [0.717, 1.165) is 37.8 Å². The number of nitrogens with zero attached hydrogens (tertiary/aromatic N) is 2. The molecule has 0 atom stereocenters. The molecule has 4 rings (SSSR count). The summed E-state index contributed by atoms with van der Waals surface area (Å²) in [5.74, 6) is 6.08. The van der Waals surface area contributed by atoms with Gasteiger partial charge in [0.2, 0.25) is 0 Å². The fraction of sp³-hybridized carbons (Fsp3) is 0.429. The normalized spacial score (nSPS) is 15.2. The minimum Gasteiger partial charge on any atom is -0.495 e. The number of nitrogens with one attached hydrogen (secondary N) is 2. The van der Waals surface area contributed by atoms with Crippen molar-refractivity contribution in [2.24, 2.45) is 0 Å². The number of hydrogen-bond acceptors (Lipinski definition) is 6. The standard InChI is InChI=1S/C28H33F3N4O3S/c1-34-13-10-22(11-14-34)33-18-20-6-9-26-21(15-20)16-23(35(26)19-28(29,30)31)5-4-12-32-25-8-7-24(39(3,36)37)17-27(25)38-2/h6-9,15-17,22,32-33H,10-14,18-19H2,1-3H3. The second kappa shape index (κ2) is 11.9. The average Bonchev–Trinajstić information content (AvgIpc) is 3.20. The van der Waals surface area contributed by atoms with Crippen molar-refractivity contribution >= 4 is 26.4 Å². The predicted octanol–water partition coefficient (Wildman–Crippen LogP) is 4.26. The summed E-state index contributed by atoms with van der Waals surface area (Å²) in [7, 11) is 0.137. The molecule has 39 heavy (non-hydrogen) atoms. The lowest BCUT2D eigenvalue weighted by atomic mass is 10.0. The predicted molar refractivity (Wildman–Crippen MR) is 147 cm³/mol. The minimum atomic E-state index is -4.40. The highest BCUT2D eigenvalue weighted by Gasteiger charge is 2.29. The highest BCUT2D eigenvalue weighted by molar-refractivity contribution is 7.90. The molecule has 2 aromatic carbocycles. The number of halogens is 3. The van der Waals surface area contributed by atoms with E-state index < -0.39 is 22.6 Å². The van der Waals surface area contributed by atoms with Crippen molar-refractivity contribution in [2.45, 2.75) is 43.0 Å². The molecule has 0 aliphatic carbocycles. The van der Waals surface area contributed by atoms with E-state index in [1.807, 2.05) is 12.1 Å². The lowest BCUT2D eigenvalue weighted by Gasteiger charge is -2.29. The minimum absolute atomic E-state index is 0.119. The van der Waals surface area contributed by atoms with Crippen LogP contribution < -0.4 is 15.4 Å². The molecule has 11 heteroatoms. The van der Waals surface area contributed by atoms with Crippen LogP contribution in [0.4, 0.5) is 18.9 Å². The Morgan fingerprint density at radius 3 is 2.51 bits per heavy atom. The first-order chi connectivity index (χ1) is 18.4. The quantitative estimate of drug-likeness (QED) is 0.400. The van der Waals surface area contributed by atoms with Crippen LogP contribution in [0, 0.1) is 11.8 Å². The summed E-state index contributed by atoms with van der Waals surface area (Å²) < 4.78 is 70.3. The summed E-state index contributed by atoms with van der Waals surface area (Å²) >= 11 is 0. The van der Waals surface area contributed by atoms with E-state index in [1.165, 1.54) is 23.8 Å². The first-order valence-corrected chi connectivity index (χ1v) is 14.5. The van der Waals surface area contributed by atoms with Gasteiger partial charge in [-0.15, -0.1) is 0 Å². The van der Waals surface area contributed by atoms with Gasteiger partial charge in [0.1, 0.15) is 12.3 Å². The number of anilines is 1. The van der Waals surface area contributed by atoms with Crippen LogP contribution in [0.2, 0.25) is 0 Å². The molecular formula is C28H33F3N4O3S. The van der Waals surface area contributed by atoms with Crippen LogP contribution >= 0.6 is 0 Å². The first kappa shape index (κ1) is 28.8. The molecule has 2 N–H and O–H groups in total. The Kier molecular flexibility index (Phi) is 8.79. The van der Waals surface area contributed by atoms with Crippen LogP contribution in [0.3, 0.4) is 0 Å². The Hall–Kier alpha value is -3.20. The molecule has 0 spiro atoms.